The Bertz CT molecular complexity index is 591. The molecule has 2 N–H and O–H groups in total. The van der Waals surface area contributed by atoms with Gasteiger partial charge in [-0.2, -0.15) is 0 Å². The molecule has 1 aromatic heterocycles. The molecule has 0 fully saturated rings. The minimum absolute atomic E-state index is 0.0538. The quantitative estimate of drug-likeness (QED) is 0.806. The van der Waals surface area contributed by atoms with Crippen molar-refractivity contribution in [3.63, 3.8) is 0 Å². The Labute approximate surface area is 97.7 Å². The van der Waals surface area contributed by atoms with E-state index in [1.54, 1.807) is 6.07 Å². The highest BCUT2D eigenvalue weighted by atomic mass is 32.1. The Kier molecular flexibility index (Phi) is 2.96. The van der Waals surface area contributed by atoms with Crippen molar-refractivity contribution in [2.45, 2.75) is 13.0 Å². The van der Waals surface area contributed by atoms with Crippen LogP contribution in [0, 0.1) is 0 Å². The van der Waals surface area contributed by atoms with Crippen molar-refractivity contribution < 1.29 is 0 Å². The van der Waals surface area contributed by atoms with Crippen molar-refractivity contribution in [3.8, 4) is 0 Å². The zero-order valence-corrected chi connectivity index (χ0v) is 9.41. The summed E-state index contributed by atoms with van der Waals surface area (Å²) in [5.74, 6) is 0. The highest BCUT2D eigenvalue weighted by Gasteiger charge is 2.02. The molecule has 4 nitrogen and oxygen atoms in total. The van der Waals surface area contributed by atoms with Crippen LogP contribution in [0.2, 0.25) is 0 Å². The van der Waals surface area contributed by atoms with Crippen molar-refractivity contribution in [2.24, 2.45) is 5.73 Å². The molecule has 5 heteroatoms. The van der Waals surface area contributed by atoms with Gasteiger partial charge < -0.3 is 5.73 Å². The van der Waals surface area contributed by atoms with E-state index in [4.69, 9.17) is 18.0 Å². The van der Waals surface area contributed by atoms with Crippen molar-refractivity contribution in [1.82, 2.24) is 9.55 Å². The minimum Gasteiger partial charge on any atom is -0.393 e. The van der Waals surface area contributed by atoms with E-state index in [9.17, 15) is 4.79 Å². The predicted molar refractivity (Wildman–Crippen MR) is 67.4 cm³/mol. The number of nitrogens with zero attached hydrogens (tertiary/aromatic N) is 2. The molecule has 0 atom stereocenters. The topological polar surface area (TPSA) is 60.9 Å². The standard InChI is InChI=1S/C11H11N3OS/c12-10(16)5-6-14-7-13-9-4-2-1-3-8(9)11(14)15/h1-4,7H,5-6H2,(H2,12,16). The minimum atomic E-state index is -0.0538. The van der Waals surface area contributed by atoms with Crippen LogP contribution in [-0.2, 0) is 6.54 Å². The van der Waals surface area contributed by atoms with Crippen molar-refractivity contribution >= 4 is 28.1 Å². The van der Waals surface area contributed by atoms with Gasteiger partial charge in [0, 0.05) is 13.0 Å². The summed E-state index contributed by atoms with van der Waals surface area (Å²) >= 11 is 4.78. The van der Waals surface area contributed by atoms with Gasteiger partial charge >= 0.3 is 0 Å². The van der Waals surface area contributed by atoms with Crippen LogP contribution in [0.1, 0.15) is 6.42 Å². The molecule has 0 aliphatic carbocycles. The molecule has 2 rings (SSSR count). The summed E-state index contributed by atoms with van der Waals surface area (Å²) in [4.78, 5) is 16.6. The first kappa shape index (κ1) is 10.8. The molecule has 1 heterocycles. The normalized spacial score (nSPS) is 10.5. The number of para-hydroxylation sites is 1. The smallest absolute Gasteiger partial charge is 0.261 e. The molecule has 0 aliphatic rings. The van der Waals surface area contributed by atoms with E-state index in [1.165, 1.54) is 10.9 Å². The maximum absolute atomic E-state index is 12.0. The maximum atomic E-state index is 12.0. The number of rotatable bonds is 3. The Hall–Kier alpha value is -1.75. The number of thiocarbonyl (C=S) groups is 1. The number of nitrogens with two attached hydrogens (primary N) is 1. The average Bonchev–Trinajstić information content (AvgIpc) is 2.28. The number of aryl methyl sites for hydroxylation is 1. The van der Waals surface area contributed by atoms with Crippen LogP contribution < -0.4 is 11.3 Å². The maximum Gasteiger partial charge on any atom is 0.261 e. The van der Waals surface area contributed by atoms with Gasteiger partial charge in [-0.3, -0.25) is 9.36 Å². The predicted octanol–water partition coefficient (Wildman–Crippen LogP) is 1.07. The number of fused-ring (bicyclic) bond motifs is 1. The second-order valence-corrected chi connectivity index (χ2v) is 4.00. The van der Waals surface area contributed by atoms with Gasteiger partial charge in [0.05, 0.1) is 22.2 Å². The summed E-state index contributed by atoms with van der Waals surface area (Å²) in [6.45, 7) is 0.478. The summed E-state index contributed by atoms with van der Waals surface area (Å²) < 4.78 is 1.53. The van der Waals surface area contributed by atoms with E-state index >= 15 is 0 Å². The van der Waals surface area contributed by atoms with E-state index < -0.39 is 0 Å². The van der Waals surface area contributed by atoms with Crippen molar-refractivity contribution in [2.75, 3.05) is 0 Å². The molecule has 82 valence electrons. The van der Waals surface area contributed by atoms with Crippen molar-refractivity contribution in [3.05, 3.63) is 40.9 Å². The van der Waals surface area contributed by atoms with Crippen LogP contribution >= 0.6 is 12.2 Å². The Morgan fingerprint density at radius 3 is 2.94 bits per heavy atom. The fourth-order valence-electron chi connectivity index (χ4n) is 1.50. The van der Waals surface area contributed by atoms with Crippen LogP contribution in [0.25, 0.3) is 10.9 Å². The third-order valence-corrected chi connectivity index (χ3v) is 2.53. The number of aromatic nitrogens is 2. The fourth-order valence-corrected chi connectivity index (χ4v) is 1.59. The van der Waals surface area contributed by atoms with Crippen LogP contribution in [0.4, 0.5) is 0 Å². The van der Waals surface area contributed by atoms with E-state index in [0.29, 0.717) is 28.9 Å². The molecule has 2 aromatic rings. The third kappa shape index (κ3) is 2.09. The van der Waals surface area contributed by atoms with Gasteiger partial charge in [0.15, 0.2) is 0 Å². The molecule has 0 radical (unpaired) electrons. The summed E-state index contributed by atoms with van der Waals surface area (Å²) in [6, 6.07) is 7.26. The molecule has 0 spiro atoms. The number of hydrogen-bond acceptors (Lipinski definition) is 3. The summed E-state index contributed by atoms with van der Waals surface area (Å²) in [5, 5.41) is 0.618. The summed E-state index contributed by atoms with van der Waals surface area (Å²) in [5.41, 5.74) is 6.05. The lowest BCUT2D eigenvalue weighted by Gasteiger charge is -2.05. The van der Waals surface area contributed by atoms with Gasteiger partial charge in [-0.1, -0.05) is 24.4 Å². The molecule has 0 bridgehead atoms. The largest absolute Gasteiger partial charge is 0.393 e. The van der Waals surface area contributed by atoms with Gasteiger partial charge in [0.1, 0.15) is 0 Å². The third-order valence-electron chi connectivity index (χ3n) is 2.33. The molecule has 0 saturated carbocycles. The van der Waals surface area contributed by atoms with E-state index in [1.807, 2.05) is 18.2 Å². The first-order valence-electron chi connectivity index (χ1n) is 4.91. The second kappa shape index (κ2) is 4.40. The molecule has 0 aliphatic heterocycles. The molecule has 0 saturated heterocycles. The first-order valence-corrected chi connectivity index (χ1v) is 5.32. The second-order valence-electron chi connectivity index (χ2n) is 3.48. The summed E-state index contributed by atoms with van der Waals surface area (Å²) in [6.07, 6.45) is 2.04. The Morgan fingerprint density at radius 2 is 2.19 bits per heavy atom. The highest BCUT2D eigenvalue weighted by Crippen LogP contribution is 2.04. The summed E-state index contributed by atoms with van der Waals surface area (Å²) in [7, 11) is 0. The molecule has 0 unspecified atom stereocenters. The highest BCUT2D eigenvalue weighted by molar-refractivity contribution is 7.80. The molecular formula is C11H11N3OS. The Balaban J connectivity index is 2.45. The van der Waals surface area contributed by atoms with Gasteiger partial charge in [-0.25, -0.2) is 4.98 Å². The molecular weight excluding hydrogens is 222 g/mol. The lowest BCUT2D eigenvalue weighted by molar-refractivity contribution is 0.687. The lowest BCUT2D eigenvalue weighted by Crippen LogP contribution is -2.23. The van der Waals surface area contributed by atoms with Crippen LogP contribution in [0.3, 0.4) is 0 Å². The van der Waals surface area contributed by atoms with Crippen LogP contribution in [0.15, 0.2) is 35.4 Å². The number of benzene rings is 1. The lowest BCUT2D eigenvalue weighted by atomic mass is 10.2. The van der Waals surface area contributed by atoms with Gasteiger partial charge in [0.25, 0.3) is 5.56 Å². The SMILES string of the molecule is NC(=S)CCn1cnc2ccccc2c1=O. The zero-order valence-electron chi connectivity index (χ0n) is 8.59. The van der Waals surface area contributed by atoms with E-state index in [2.05, 4.69) is 4.98 Å². The average molecular weight is 233 g/mol. The monoisotopic (exact) mass is 233 g/mol. The molecule has 0 amide bonds. The molecule has 1 aromatic carbocycles. The van der Waals surface area contributed by atoms with E-state index in [0.717, 1.165) is 0 Å². The van der Waals surface area contributed by atoms with E-state index in [-0.39, 0.29) is 5.56 Å². The van der Waals surface area contributed by atoms with Gasteiger partial charge in [-0.05, 0) is 12.1 Å². The Morgan fingerprint density at radius 1 is 1.44 bits per heavy atom. The zero-order chi connectivity index (χ0) is 11.5. The molecule has 16 heavy (non-hydrogen) atoms. The number of hydrogen-bond donors (Lipinski definition) is 1. The first-order chi connectivity index (χ1) is 7.68. The van der Waals surface area contributed by atoms with Crippen LogP contribution in [-0.4, -0.2) is 14.5 Å². The van der Waals surface area contributed by atoms with Gasteiger partial charge in [-0.15, -0.1) is 0 Å². The van der Waals surface area contributed by atoms with Crippen LogP contribution in [0.5, 0.6) is 0 Å². The fraction of sp³-hybridized carbons (Fsp3) is 0.182. The van der Waals surface area contributed by atoms with Crippen molar-refractivity contribution in [1.29, 1.82) is 0 Å². The van der Waals surface area contributed by atoms with Gasteiger partial charge in [0.2, 0.25) is 0 Å².